The molecule has 28 heavy (non-hydrogen) atoms. The Labute approximate surface area is 166 Å². The average molecular weight is 452 g/mol. The molecule has 0 saturated heterocycles. The van der Waals surface area contributed by atoms with E-state index in [2.05, 4.69) is 14.5 Å². The fraction of sp³-hybridized carbons (Fsp3) is 0.263. The molecular formula is C19H25AsN2O6. The molecule has 8 nitrogen and oxygen atoms in total. The van der Waals surface area contributed by atoms with Gasteiger partial charge in [-0.2, -0.15) is 0 Å². The topological polar surface area (TPSA) is 125 Å². The van der Waals surface area contributed by atoms with Gasteiger partial charge in [0.2, 0.25) is 0 Å². The quantitative estimate of drug-likeness (QED) is 0.319. The van der Waals surface area contributed by atoms with Gasteiger partial charge in [-0.3, -0.25) is 4.79 Å². The molecule has 4 N–H and O–H groups in total. The first-order chi connectivity index (χ1) is 12.9. The molecule has 0 saturated carbocycles. The van der Waals surface area contributed by atoms with Gasteiger partial charge < -0.3 is 5.32 Å². The predicted molar refractivity (Wildman–Crippen MR) is 106 cm³/mol. The van der Waals surface area contributed by atoms with E-state index in [-0.39, 0.29) is 21.7 Å². The van der Waals surface area contributed by atoms with Gasteiger partial charge in [-0.05, 0) is 32.9 Å². The number of nitrogens with one attached hydrogen (secondary N) is 2. The molecule has 2 amide bonds. The summed E-state index contributed by atoms with van der Waals surface area (Å²) in [6.45, 7) is 7.25. The van der Waals surface area contributed by atoms with Gasteiger partial charge in [-0.15, -0.1) is 0 Å². The normalized spacial score (nSPS) is 12.8. The minimum absolute atomic E-state index is 0.00438. The Morgan fingerprint density at radius 1 is 1.00 bits per heavy atom. The van der Waals surface area contributed by atoms with E-state index in [1.165, 1.54) is 31.2 Å². The van der Waals surface area contributed by atoms with E-state index in [4.69, 9.17) is 9.35 Å². The Hall–Kier alpha value is -2.38. The number of benzene rings is 2. The standard InChI is InChI=1S/C11H15NO.C8H10AsNO5/c1-11(2,3)12-10(13)9-7-5-4-6-8-9;1-6(11)10-8-4-2-7(3-5-8)9(12,13)15-14/h4-8H,1-3H3,(H,12,13);2-5,14H,1H3,(H,10,11)(H,12,13). The maximum atomic E-state index is 11.5. The van der Waals surface area contributed by atoms with Crippen LogP contribution in [-0.4, -0.2) is 40.9 Å². The van der Waals surface area contributed by atoms with E-state index in [1.807, 2.05) is 39.0 Å². The van der Waals surface area contributed by atoms with Gasteiger partial charge in [0.05, 0.1) is 0 Å². The Morgan fingerprint density at radius 3 is 1.96 bits per heavy atom. The molecule has 0 radical (unpaired) electrons. The zero-order valence-electron chi connectivity index (χ0n) is 16.2. The molecule has 1 atom stereocenters. The molecule has 0 aromatic heterocycles. The second kappa shape index (κ2) is 10.2. The molecule has 2 rings (SSSR count). The van der Waals surface area contributed by atoms with Gasteiger partial charge in [-0.1, -0.05) is 18.2 Å². The van der Waals surface area contributed by atoms with Crippen LogP contribution in [0.25, 0.3) is 0 Å². The molecule has 0 aliphatic rings. The summed E-state index contributed by atoms with van der Waals surface area (Å²) in [6, 6.07) is 14.7. The molecule has 9 heteroatoms. The summed E-state index contributed by atoms with van der Waals surface area (Å²) in [6.07, 6.45) is 0. The Kier molecular flexibility index (Phi) is 8.65. The van der Waals surface area contributed by atoms with Gasteiger partial charge in [0.25, 0.3) is 5.91 Å². The van der Waals surface area contributed by atoms with Crippen molar-refractivity contribution in [3.05, 3.63) is 60.2 Å². The van der Waals surface area contributed by atoms with Crippen molar-refractivity contribution in [2.75, 3.05) is 5.32 Å². The second-order valence-corrected chi connectivity index (χ2v) is 10.5. The Balaban J connectivity index is 0.000000283. The molecule has 0 spiro atoms. The van der Waals surface area contributed by atoms with Crippen LogP contribution < -0.4 is 15.0 Å². The van der Waals surface area contributed by atoms with E-state index >= 15 is 0 Å². The molecule has 0 aliphatic heterocycles. The van der Waals surface area contributed by atoms with Crippen molar-refractivity contribution in [2.45, 2.75) is 33.2 Å². The number of carbonyl (C=O) groups excluding carboxylic acids is 2. The van der Waals surface area contributed by atoms with E-state index in [0.29, 0.717) is 11.3 Å². The first kappa shape index (κ1) is 23.7. The van der Waals surface area contributed by atoms with E-state index in [1.54, 1.807) is 12.1 Å². The maximum Gasteiger partial charge on any atom is 0.251 e. The number of hydrogen-bond donors (Lipinski definition) is 4. The van der Waals surface area contributed by atoms with E-state index in [9.17, 15) is 13.3 Å². The van der Waals surface area contributed by atoms with Gasteiger partial charge in [0.1, 0.15) is 0 Å². The summed E-state index contributed by atoms with van der Waals surface area (Å²) in [5.41, 5.74) is 1.03. The minimum Gasteiger partial charge on any atom is -0.347 e. The minimum atomic E-state index is -4.76. The predicted octanol–water partition coefficient (Wildman–Crippen LogP) is 1.92. The van der Waals surface area contributed by atoms with Gasteiger partial charge in [-0.25, -0.2) is 0 Å². The summed E-state index contributed by atoms with van der Waals surface area (Å²) < 4.78 is 23.8. The number of carbonyl (C=O) groups is 2. The smallest absolute Gasteiger partial charge is 0.251 e. The largest absolute Gasteiger partial charge is 0.347 e. The molecule has 0 heterocycles. The number of hydrogen-bond acceptors (Lipinski definition) is 5. The monoisotopic (exact) mass is 452 g/mol. The summed E-state index contributed by atoms with van der Waals surface area (Å²) in [5, 5.41) is 13.6. The fourth-order valence-corrected chi connectivity index (χ4v) is 3.29. The first-order valence-electron chi connectivity index (χ1n) is 8.36. The molecule has 152 valence electrons. The molecule has 2 aromatic carbocycles. The van der Waals surface area contributed by atoms with Gasteiger partial charge >= 0.3 is 88.4 Å². The number of anilines is 1. The molecule has 0 aliphatic carbocycles. The Bertz CT molecular complexity index is 832. The van der Waals surface area contributed by atoms with Crippen LogP contribution in [0, 0.1) is 0 Å². The molecular weight excluding hydrogens is 427 g/mol. The summed E-state index contributed by atoms with van der Waals surface area (Å²) in [7, 11) is 0. The molecule has 2 aromatic rings. The van der Waals surface area contributed by atoms with Crippen LogP contribution in [0.3, 0.4) is 0 Å². The third kappa shape index (κ3) is 8.54. The van der Waals surface area contributed by atoms with Crippen molar-refractivity contribution < 1.29 is 26.6 Å². The zero-order chi connectivity index (χ0) is 21.4. The molecule has 1 unspecified atom stereocenters. The van der Waals surface area contributed by atoms with E-state index < -0.39 is 14.2 Å². The average Bonchev–Trinajstić information content (AvgIpc) is 2.61. The van der Waals surface area contributed by atoms with Crippen LogP contribution in [0.5, 0.6) is 0 Å². The van der Waals surface area contributed by atoms with Crippen molar-refractivity contribution in [2.24, 2.45) is 0 Å². The van der Waals surface area contributed by atoms with Crippen molar-refractivity contribution in [3.63, 3.8) is 0 Å². The van der Waals surface area contributed by atoms with Crippen LogP contribution in [-0.2, 0) is 12.4 Å². The molecule has 0 fully saturated rings. The summed E-state index contributed by atoms with van der Waals surface area (Å²) in [5.74, 6) is -0.258. The van der Waals surface area contributed by atoms with Crippen molar-refractivity contribution >= 4 is 36.0 Å². The first-order valence-corrected chi connectivity index (χ1v) is 11.7. The van der Waals surface area contributed by atoms with E-state index in [0.717, 1.165) is 0 Å². The van der Waals surface area contributed by atoms with Crippen LogP contribution in [0.4, 0.5) is 5.69 Å². The number of rotatable bonds is 4. The Morgan fingerprint density at radius 2 is 1.54 bits per heavy atom. The van der Waals surface area contributed by atoms with Gasteiger partial charge in [0, 0.05) is 11.1 Å². The third-order valence-corrected chi connectivity index (χ3v) is 5.61. The van der Waals surface area contributed by atoms with Crippen LogP contribution >= 0.6 is 0 Å². The SMILES string of the molecule is CC(=O)Nc1ccc([As](=O)(O)OO)cc1.CC(C)(C)NC(=O)c1ccccc1. The molecule has 0 bridgehead atoms. The van der Waals surface area contributed by atoms with Crippen LogP contribution in [0.15, 0.2) is 54.6 Å². The summed E-state index contributed by atoms with van der Waals surface area (Å²) in [4.78, 5) is 22.2. The van der Waals surface area contributed by atoms with Crippen molar-refractivity contribution in [3.8, 4) is 0 Å². The van der Waals surface area contributed by atoms with Crippen LogP contribution in [0.2, 0.25) is 0 Å². The fourth-order valence-electron chi connectivity index (χ4n) is 1.99. The van der Waals surface area contributed by atoms with Crippen molar-refractivity contribution in [1.29, 1.82) is 0 Å². The van der Waals surface area contributed by atoms with Gasteiger partial charge in [0.15, 0.2) is 0 Å². The van der Waals surface area contributed by atoms with Crippen molar-refractivity contribution in [1.82, 2.24) is 5.32 Å². The number of amides is 2. The summed E-state index contributed by atoms with van der Waals surface area (Å²) >= 11 is -4.76. The third-order valence-electron chi connectivity index (χ3n) is 3.15. The van der Waals surface area contributed by atoms with Crippen LogP contribution in [0.1, 0.15) is 38.1 Å². The maximum absolute atomic E-state index is 11.5. The second-order valence-electron chi connectivity index (χ2n) is 6.90. The zero-order valence-corrected chi connectivity index (χ0v) is 18.0.